The molecule has 0 bridgehead atoms. The molecule has 1 aliphatic carbocycles. The van der Waals surface area contributed by atoms with Gasteiger partial charge in [0.15, 0.2) is 0 Å². The van der Waals surface area contributed by atoms with Crippen molar-refractivity contribution in [3.63, 3.8) is 0 Å². The third kappa shape index (κ3) is 4.11. The van der Waals surface area contributed by atoms with Crippen molar-refractivity contribution < 1.29 is 8.42 Å². The number of aromatic nitrogens is 1. The van der Waals surface area contributed by atoms with Crippen LogP contribution in [0.4, 0.5) is 5.82 Å². The lowest BCUT2D eigenvalue weighted by atomic mass is 10.1. The first-order chi connectivity index (χ1) is 10.0. The Bertz CT molecular complexity index is 569. The molecule has 21 heavy (non-hydrogen) atoms. The van der Waals surface area contributed by atoms with Gasteiger partial charge in [0, 0.05) is 30.1 Å². The van der Waals surface area contributed by atoms with E-state index in [2.05, 4.69) is 21.3 Å². The molecule has 0 saturated heterocycles. The summed E-state index contributed by atoms with van der Waals surface area (Å²) in [7, 11) is -3.48. The topological polar surface area (TPSA) is 71.1 Å². The number of pyridine rings is 1. The molecule has 1 aromatic heterocycles. The number of sulfonamides is 1. The van der Waals surface area contributed by atoms with Gasteiger partial charge in [0.2, 0.25) is 10.0 Å². The van der Waals surface area contributed by atoms with Gasteiger partial charge in [-0.2, -0.15) is 11.8 Å². The lowest BCUT2D eigenvalue weighted by Crippen LogP contribution is -2.38. The molecule has 5 nitrogen and oxygen atoms in total. The maximum Gasteiger partial charge on any atom is 0.240 e. The Morgan fingerprint density at radius 3 is 2.71 bits per heavy atom. The highest BCUT2D eigenvalue weighted by Crippen LogP contribution is 2.39. The Balaban J connectivity index is 2.09. The van der Waals surface area contributed by atoms with Crippen molar-refractivity contribution in [3.8, 4) is 0 Å². The molecule has 0 radical (unpaired) electrons. The summed E-state index contributed by atoms with van der Waals surface area (Å²) < 4.78 is 27.7. The summed E-state index contributed by atoms with van der Waals surface area (Å²) in [5.74, 6) is 0.584. The van der Waals surface area contributed by atoms with Crippen molar-refractivity contribution in [1.29, 1.82) is 0 Å². The van der Waals surface area contributed by atoms with E-state index in [1.165, 1.54) is 25.1 Å². The minimum Gasteiger partial charge on any atom is -0.370 e. The fraction of sp³-hybridized carbons (Fsp3) is 0.643. The van der Waals surface area contributed by atoms with E-state index in [4.69, 9.17) is 0 Å². The fourth-order valence-corrected chi connectivity index (χ4v) is 4.78. The van der Waals surface area contributed by atoms with E-state index in [0.29, 0.717) is 18.9 Å². The molecule has 0 atom stereocenters. The summed E-state index contributed by atoms with van der Waals surface area (Å²) in [6.07, 6.45) is 8.11. The first kappa shape index (κ1) is 16.6. The van der Waals surface area contributed by atoms with Gasteiger partial charge in [0.25, 0.3) is 0 Å². The van der Waals surface area contributed by atoms with Gasteiger partial charge in [-0.25, -0.2) is 18.1 Å². The monoisotopic (exact) mass is 329 g/mol. The van der Waals surface area contributed by atoms with Crippen LogP contribution in [-0.4, -0.2) is 37.5 Å². The highest BCUT2D eigenvalue weighted by molar-refractivity contribution is 8.00. The van der Waals surface area contributed by atoms with Crippen molar-refractivity contribution in [3.05, 3.63) is 18.3 Å². The van der Waals surface area contributed by atoms with Crippen LogP contribution in [0.1, 0.15) is 32.6 Å². The summed E-state index contributed by atoms with van der Waals surface area (Å²) in [5, 5.41) is 3.03. The zero-order valence-corrected chi connectivity index (χ0v) is 14.2. The highest BCUT2D eigenvalue weighted by Gasteiger charge is 2.34. The SMILES string of the molecule is CCNc1cc(S(=O)(=O)NCC2(SC)CCCC2)ccn1. The third-order valence-corrected chi connectivity index (χ3v) is 6.75. The second kappa shape index (κ2) is 6.98. The van der Waals surface area contributed by atoms with Crippen LogP contribution in [0, 0.1) is 0 Å². The molecule has 0 unspecified atom stereocenters. The lowest BCUT2D eigenvalue weighted by Gasteiger charge is -2.26. The normalized spacial score (nSPS) is 17.8. The predicted octanol–water partition coefficient (Wildman–Crippen LogP) is 2.47. The van der Waals surface area contributed by atoms with Crippen molar-refractivity contribution in [2.24, 2.45) is 0 Å². The second-order valence-electron chi connectivity index (χ2n) is 5.33. The minimum absolute atomic E-state index is 0.0601. The van der Waals surface area contributed by atoms with Crippen LogP contribution < -0.4 is 10.0 Å². The van der Waals surface area contributed by atoms with Crippen molar-refractivity contribution in [2.45, 2.75) is 42.2 Å². The Morgan fingerprint density at radius 2 is 2.10 bits per heavy atom. The van der Waals surface area contributed by atoms with E-state index in [9.17, 15) is 8.42 Å². The van der Waals surface area contributed by atoms with Crippen LogP contribution in [-0.2, 0) is 10.0 Å². The molecule has 0 spiro atoms. The molecule has 118 valence electrons. The molecule has 1 saturated carbocycles. The molecule has 1 heterocycles. The van der Waals surface area contributed by atoms with E-state index in [1.54, 1.807) is 17.8 Å². The Kier molecular flexibility index (Phi) is 5.51. The van der Waals surface area contributed by atoms with E-state index < -0.39 is 10.0 Å². The van der Waals surface area contributed by atoms with E-state index in [0.717, 1.165) is 12.8 Å². The smallest absolute Gasteiger partial charge is 0.240 e. The maximum absolute atomic E-state index is 12.4. The molecule has 7 heteroatoms. The number of hydrogen-bond donors (Lipinski definition) is 2. The third-order valence-electron chi connectivity index (χ3n) is 3.93. The standard InChI is InChI=1S/C14H23N3O2S2/c1-3-15-13-10-12(6-9-16-13)21(18,19)17-11-14(20-2)7-4-5-8-14/h6,9-10,17H,3-5,7-8,11H2,1-2H3,(H,15,16). The summed E-state index contributed by atoms with van der Waals surface area (Å²) in [6.45, 7) is 3.15. The number of hydrogen-bond acceptors (Lipinski definition) is 5. The van der Waals surface area contributed by atoms with Gasteiger partial charge in [0.05, 0.1) is 4.90 Å². The summed E-state index contributed by atoms with van der Waals surface area (Å²) >= 11 is 1.78. The average Bonchev–Trinajstić information content (AvgIpc) is 2.96. The molecule has 0 amide bonds. The Morgan fingerprint density at radius 1 is 1.38 bits per heavy atom. The van der Waals surface area contributed by atoms with Gasteiger partial charge >= 0.3 is 0 Å². The Labute approximate surface area is 131 Å². The van der Waals surface area contributed by atoms with Gasteiger partial charge in [-0.3, -0.25) is 0 Å². The van der Waals surface area contributed by atoms with Crippen LogP contribution in [0.2, 0.25) is 0 Å². The van der Waals surface area contributed by atoms with Crippen LogP contribution in [0.25, 0.3) is 0 Å². The van der Waals surface area contributed by atoms with Gasteiger partial charge in [-0.1, -0.05) is 12.8 Å². The molecule has 1 fully saturated rings. The summed E-state index contributed by atoms with van der Waals surface area (Å²) in [5.41, 5.74) is 0. The molecule has 2 N–H and O–H groups in total. The van der Waals surface area contributed by atoms with Crippen LogP contribution in [0.15, 0.2) is 23.2 Å². The molecule has 1 aliphatic rings. The van der Waals surface area contributed by atoms with Crippen molar-refractivity contribution in [2.75, 3.05) is 24.7 Å². The highest BCUT2D eigenvalue weighted by atomic mass is 32.2. The number of nitrogens with one attached hydrogen (secondary N) is 2. The second-order valence-corrected chi connectivity index (χ2v) is 8.37. The first-order valence-corrected chi connectivity index (χ1v) is 9.97. The summed E-state index contributed by atoms with van der Waals surface area (Å²) in [6, 6.07) is 3.11. The molecule has 2 rings (SSSR count). The lowest BCUT2D eigenvalue weighted by molar-refractivity contribution is 0.551. The largest absolute Gasteiger partial charge is 0.370 e. The number of anilines is 1. The van der Waals surface area contributed by atoms with Crippen LogP contribution in [0.3, 0.4) is 0 Å². The number of thioether (sulfide) groups is 1. The number of nitrogens with zero attached hydrogens (tertiary/aromatic N) is 1. The van der Waals surface area contributed by atoms with Gasteiger partial charge < -0.3 is 5.32 Å². The summed E-state index contributed by atoms with van der Waals surface area (Å²) in [4.78, 5) is 4.37. The quantitative estimate of drug-likeness (QED) is 0.804. The van der Waals surface area contributed by atoms with Crippen molar-refractivity contribution >= 4 is 27.6 Å². The van der Waals surface area contributed by atoms with E-state index in [-0.39, 0.29) is 9.64 Å². The van der Waals surface area contributed by atoms with Gasteiger partial charge in [-0.15, -0.1) is 0 Å². The van der Waals surface area contributed by atoms with Gasteiger partial charge in [-0.05, 0) is 32.1 Å². The molecular formula is C14H23N3O2S2. The zero-order chi connectivity index (χ0) is 15.3. The first-order valence-electron chi connectivity index (χ1n) is 7.26. The fourth-order valence-electron chi connectivity index (χ4n) is 2.64. The van der Waals surface area contributed by atoms with Crippen LogP contribution in [0.5, 0.6) is 0 Å². The average molecular weight is 329 g/mol. The molecular weight excluding hydrogens is 306 g/mol. The molecule has 1 aromatic rings. The Hall–Kier alpha value is -0.790. The minimum atomic E-state index is -3.48. The van der Waals surface area contributed by atoms with Gasteiger partial charge in [0.1, 0.15) is 5.82 Å². The molecule has 0 aromatic carbocycles. The number of rotatable bonds is 7. The van der Waals surface area contributed by atoms with Crippen molar-refractivity contribution in [1.82, 2.24) is 9.71 Å². The van der Waals surface area contributed by atoms with E-state index in [1.807, 2.05) is 6.92 Å². The van der Waals surface area contributed by atoms with Crippen LogP contribution >= 0.6 is 11.8 Å². The zero-order valence-electron chi connectivity index (χ0n) is 12.6. The molecule has 0 aliphatic heterocycles. The maximum atomic E-state index is 12.4. The van der Waals surface area contributed by atoms with E-state index >= 15 is 0 Å². The predicted molar refractivity (Wildman–Crippen MR) is 88.3 cm³/mol.